The largest absolute Gasteiger partial charge is 0.397 e. The lowest BCUT2D eigenvalue weighted by Gasteiger charge is -2.07. The highest BCUT2D eigenvalue weighted by Gasteiger charge is 2.15. The topological polar surface area (TPSA) is 103 Å². The van der Waals surface area contributed by atoms with E-state index >= 15 is 0 Å². The highest BCUT2D eigenvalue weighted by atomic mass is 16.1. The number of aromatic nitrogens is 4. The molecule has 0 aliphatic heterocycles. The van der Waals surface area contributed by atoms with Crippen LogP contribution in [0.5, 0.6) is 0 Å². The molecule has 3 heterocycles. The molecule has 0 saturated carbocycles. The Kier molecular flexibility index (Phi) is 4.52. The number of ketones is 1. The van der Waals surface area contributed by atoms with Crippen LogP contribution in [0.15, 0.2) is 72.0 Å². The Morgan fingerprint density at radius 2 is 2.15 bits per heavy atom. The molecule has 3 N–H and O–H groups in total. The first kappa shape index (κ1) is 16.8. The summed E-state index contributed by atoms with van der Waals surface area (Å²) in [6.45, 7) is 1.60. The average Bonchev–Trinajstić information content (AvgIpc) is 3.29. The monoisotopic (exact) mass is 361 g/mol. The van der Waals surface area contributed by atoms with E-state index in [0.29, 0.717) is 22.9 Å². The van der Waals surface area contributed by atoms with Crippen molar-refractivity contribution >= 4 is 28.5 Å². The zero-order chi connectivity index (χ0) is 18.6. The van der Waals surface area contributed by atoms with Gasteiger partial charge in [0, 0.05) is 37.8 Å². The normalized spacial score (nSPS) is 15.5. The molecule has 3 aromatic heterocycles. The molecule has 136 valence electrons. The van der Waals surface area contributed by atoms with Crippen molar-refractivity contribution in [2.75, 3.05) is 11.9 Å². The fourth-order valence-electron chi connectivity index (χ4n) is 2.86. The lowest BCUT2D eigenvalue weighted by atomic mass is 10.1. The van der Waals surface area contributed by atoms with Crippen molar-refractivity contribution in [3.63, 3.8) is 0 Å². The number of anilines is 1. The van der Waals surface area contributed by atoms with Gasteiger partial charge in [0.15, 0.2) is 11.6 Å². The molecule has 0 unspecified atom stereocenters. The highest BCUT2D eigenvalue weighted by Crippen LogP contribution is 2.30. The number of nitrogens with one attached hydrogen (secondary N) is 1. The molecule has 0 amide bonds. The molecular formula is C19H19N7O. The maximum Gasteiger partial charge on any atom is 0.180 e. The van der Waals surface area contributed by atoms with Gasteiger partial charge in [0.05, 0.1) is 23.3 Å². The van der Waals surface area contributed by atoms with Crippen molar-refractivity contribution < 1.29 is 4.79 Å². The smallest absolute Gasteiger partial charge is 0.180 e. The quantitative estimate of drug-likeness (QED) is 0.517. The van der Waals surface area contributed by atoms with Gasteiger partial charge in [0.1, 0.15) is 5.69 Å². The van der Waals surface area contributed by atoms with Gasteiger partial charge in [-0.2, -0.15) is 0 Å². The first-order valence-corrected chi connectivity index (χ1v) is 8.66. The number of carbonyl (C=O) groups excluding carboxylic acids is 1. The van der Waals surface area contributed by atoms with Gasteiger partial charge in [-0.15, -0.1) is 5.10 Å². The molecule has 3 aromatic rings. The Balaban J connectivity index is 1.59. The maximum absolute atomic E-state index is 11.4. The molecule has 27 heavy (non-hydrogen) atoms. The van der Waals surface area contributed by atoms with Crippen molar-refractivity contribution in [2.45, 2.75) is 13.0 Å². The minimum Gasteiger partial charge on any atom is -0.397 e. The maximum atomic E-state index is 11.4. The summed E-state index contributed by atoms with van der Waals surface area (Å²) < 4.78 is 3.80. The Morgan fingerprint density at radius 1 is 1.22 bits per heavy atom. The van der Waals surface area contributed by atoms with Crippen molar-refractivity contribution in [1.82, 2.24) is 19.2 Å². The Labute approximate surface area is 155 Å². The minimum atomic E-state index is -0.135. The Hall–Kier alpha value is -3.68. The summed E-state index contributed by atoms with van der Waals surface area (Å²) in [5, 5.41) is 7.93. The van der Waals surface area contributed by atoms with Crippen LogP contribution in [0, 0.1) is 0 Å². The van der Waals surface area contributed by atoms with Crippen LogP contribution in [-0.4, -0.2) is 37.2 Å². The number of aliphatic imine (C=N–C) groups is 1. The van der Waals surface area contributed by atoms with E-state index in [-0.39, 0.29) is 5.78 Å². The average molecular weight is 361 g/mol. The number of hydrogen-bond acceptors (Lipinski definition) is 6. The SMILES string of the molecule is NC1=CC(=O)C=C/C1=N\c1c(NCCCn2ccnc2)nn2ccccc12. The fourth-order valence-corrected chi connectivity index (χ4v) is 2.86. The van der Waals surface area contributed by atoms with E-state index in [1.54, 1.807) is 23.1 Å². The molecule has 8 nitrogen and oxygen atoms in total. The second-order valence-corrected chi connectivity index (χ2v) is 6.14. The number of rotatable bonds is 6. The molecular weight excluding hydrogens is 342 g/mol. The summed E-state index contributed by atoms with van der Waals surface area (Å²) in [5.74, 6) is 0.543. The van der Waals surface area contributed by atoms with Gasteiger partial charge in [-0.3, -0.25) is 4.79 Å². The third kappa shape index (κ3) is 3.64. The third-order valence-electron chi connectivity index (χ3n) is 4.19. The molecule has 0 bridgehead atoms. The molecule has 0 fully saturated rings. The zero-order valence-corrected chi connectivity index (χ0v) is 14.6. The first-order valence-electron chi connectivity index (χ1n) is 8.66. The third-order valence-corrected chi connectivity index (χ3v) is 4.19. The number of nitrogens with zero attached hydrogens (tertiary/aromatic N) is 5. The van der Waals surface area contributed by atoms with E-state index in [1.165, 1.54) is 12.2 Å². The van der Waals surface area contributed by atoms with Crippen LogP contribution < -0.4 is 11.1 Å². The molecule has 0 saturated heterocycles. The molecule has 0 aromatic carbocycles. The summed E-state index contributed by atoms with van der Waals surface area (Å²) in [7, 11) is 0. The van der Waals surface area contributed by atoms with Gasteiger partial charge < -0.3 is 15.6 Å². The Morgan fingerprint density at radius 3 is 2.96 bits per heavy atom. The van der Waals surface area contributed by atoms with Crippen LogP contribution in [0.25, 0.3) is 5.52 Å². The van der Waals surface area contributed by atoms with Crippen molar-refractivity contribution in [2.24, 2.45) is 10.7 Å². The highest BCUT2D eigenvalue weighted by molar-refractivity contribution is 6.20. The van der Waals surface area contributed by atoms with Gasteiger partial charge in [-0.1, -0.05) is 6.07 Å². The summed E-state index contributed by atoms with van der Waals surface area (Å²) in [4.78, 5) is 20.2. The van der Waals surface area contributed by atoms with Gasteiger partial charge in [0.2, 0.25) is 0 Å². The number of nitrogens with two attached hydrogens (primary N) is 1. The van der Waals surface area contributed by atoms with Crippen molar-refractivity contribution in [1.29, 1.82) is 0 Å². The van der Waals surface area contributed by atoms with E-state index in [2.05, 4.69) is 20.4 Å². The standard InChI is InChI=1S/C19H19N7O/c20-15-12-14(27)5-6-16(15)23-18-17-4-1-2-10-26(17)24-19(18)22-7-3-9-25-11-8-21-13-25/h1-2,4-6,8,10-13H,3,7,9,20H2,(H,22,24)/b23-16+. The zero-order valence-electron chi connectivity index (χ0n) is 14.6. The van der Waals surface area contributed by atoms with Crippen LogP contribution >= 0.6 is 0 Å². The van der Waals surface area contributed by atoms with E-state index in [9.17, 15) is 4.79 Å². The lowest BCUT2D eigenvalue weighted by Crippen LogP contribution is -2.14. The molecule has 1 aliphatic carbocycles. The minimum absolute atomic E-state index is 0.135. The number of hydrogen-bond donors (Lipinski definition) is 2. The second-order valence-electron chi connectivity index (χ2n) is 6.14. The van der Waals surface area contributed by atoms with Crippen LogP contribution in [0.3, 0.4) is 0 Å². The van der Waals surface area contributed by atoms with E-state index in [4.69, 9.17) is 5.73 Å². The van der Waals surface area contributed by atoms with Crippen LogP contribution in [0.1, 0.15) is 6.42 Å². The summed E-state index contributed by atoms with van der Waals surface area (Å²) >= 11 is 0. The molecule has 1 aliphatic rings. The molecule has 4 rings (SSSR count). The number of pyridine rings is 1. The van der Waals surface area contributed by atoms with E-state index in [1.807, 2.05) is 35.2 Å². The number of fused-ring (bicyclic) bond motifs is 1. The lowest BCUT2D eigenvalue weighted by molar-refractivity contribution is -0.110. The second kappa shape index (κ2) is 7.28. The number of allylic oxidation sites excluding steroid dienone is 3. The summed E-state index contributed by atoms with van der Waals surface area (Å²) in [5.41, 5.74) is 8.42. The van der Waals surface area contributed by atoms with Crippen molar-refractivity contribution in [3.05, 3.63) is 67.0 Å². The van der Waals surface area contributed by atoms with Gasteiger partial charge in [-0.25, -0.2) is 14.5 Å². The van der Waals surface area contributed by atoms with Crippen LogP contribution in [0.2, 0.25) is 0 Å². The molecule has 0 spiro atoms. The predicted octanol–water partition coefficient (Wildman–Crippen LogP) is 2.09. The molecule has 0 radical (unpaired) electrons. The predicted molar refractivity (Wildman–Crippen MR) is 104 cm³/mol. The summed E-state index contributed by atoms with van der Waals surface area (Å²) in [6, 6.07) is 5.79. The Bertz CT molecular complexity index is 1060. The fraction of sp³-hybridized carbons (Fsp3) is 0.158. The number of carbonyl (C=O) groups is 1. The van der Waals surface area contributed by atoms with Gasteiger partial charge in [0.25, 0.3) is 0 Å². The van der Waals surface area contributed by atoms with Gasteiger partial charge in [-0.05, 0) is 30.7 Å². The number of aryl methyl sites for hydroxylation is 1. The molecule has 8 heteroatoms. The van der Waals surface area contributed by atoms with Crippen LogP contribution in [0.4, 0.5) is 11.5 Å². The van der Waals surface area contributed by atoms with Crippen molar-refractivity contribution in [3.8, 4) is 0 Å². The van der Waals surface area contributed by atoms with Crippen LogP contribution in [-0.2, 0) is 11.3 Å². The van der Waals surface area contributed by atoms with E-state index < -0.39 is 0 Å². The number of imidazole rings is 1. The molecule has 0 atom stereocenters. The first-order chi connectivity index (χ1) is 13.2. The van der Waals surface area contributed by atoms with E-state index in [0.717, 1.165) is 25.0 Å². The van der Waals surface area contributed by atoms with Gasteiger partial charge >= 0.3 is 0 Å². The summed E-state index contributed by atoms with van der Waals surface area (Å²) in [6.07, 6.45) is 12.8.